The van der Waals surface area contributed by atoms with Gasteiger partial charge in [0.1, 0.15) is 11.6 Å². The summed E-state index contributed by atoms with van der Waals surface area (Å²) < 4.78 is 29.3. The van der Waals surface area contributed by atoms with E-state index in [1.165, 1.54) is 37.6 Å². The maximum Gasteiger partial charge on any atom is 0.259 e. The van der Waals surface area contributed by atoms with E-state index < -0.39 is 23.5 Å². The third-order valence-electron chi connectivity index (χ3n) is 3.77. The Bertz CT molecular complexity index is 1080. The van der Waals surface area contributed by atoms with Crippen LogP contribution in [0.25, 0.3) is 0 Å². The van der Waals surface area contributed by atoms with Gasteiger partial charge in [-0.05, 0) is 48.5 Å². The quantitative estimate of drug-likeness (QED) is 0.414. The van der Waals surface area contributed by atoms with E-state index >= 15 is 0 Å². The number of rotatable bonds is 5. The van der Waals surface area contributed by atoms with Gasteiger partial charge in [-0.3, -0.25) is 15.6 Å². The summed E-state index contributed by atoms with van der Waals surface area (Å²) in [6, 6.07) is 11.1. The number of benzene rings is 2. The molecule has 0 aliphatic heterocycles. The van der Waals surface area contributed by atoms with Gasteiger partial charge in [0.25, 0.3) is 11.8 Å². The van der Waals surface area contributed by atoms with Crippen molar-refractivity contribution in [3.05, 3.63) is 82.5 Å². The first-order valence-corrected chi connectivity index (χ1v) is 8.60. The van der Waals surface area contributed by atoms with Crippen LogP contribution in [0.1, 0.15) is 21.7 Å². The minimum atomic E-state index is -0.700. The lowest BCUT2D eigenvalue weighted by molar-refractivity contribution is 0.102. The van der Waals surface area contributed by atoms with Crippen molar-refractivity contribution >= 4 is 35.0 Å². The number of carbonyl (C=O) groups is 1. The third kappa shape index (κ3) is 4.80. The molecule has 29 heavy (non-hydrogen) atoms. The van der Waals surface area contributed by atoms with Crippen molar-refractivity contribution in [1.29, 1.82) is 10.8 Å². The standard InChI is InChI=1S/C20H15ClFN3O4/c1-27-16-5-4-12(21)9-15(16)20(26)25-14-8-11(7-13(22)10-14)18(23)29-19(24)17-3-2-6-28-17/h2-10,23-24H,1H3,(H,25,26). The van der Waals surface area contributed by atoms with E-state index in [2.05, 4.69) is 5.32 Å². The Kier molecular flexibility index (Phi) is 5.94. The van der Waals surface area contributed by atoms with E-state index in [0.29, 0.717) is 10.8 Å². The summed E-state index contributed by atoms with van der Waals surface area (Å²) in [6.45, 7) is 0. The fourth-order valence-corrected chi connectivity index (χ4v) is 2.64. The molecule has 0 radical (unpaired) electrons. The van der Waals surface area contributed by atoms with Crippen LogP contribution >= 0.6 is 11.6 Å². The maximum atomic E-state index is 14.0. The lowest BCUT2D eigenvalue weighted by Gasteiger charge is -2.12. The molecular formula is C20H15ClFN3O4. The van der Waals surface area contributed by atoms with Gasteiger partial charge in [-0.15, -0.1) is 0 Å². The minimum Gasteiger partial charge on any atom is -0.496 e. The zero-order chi connectivity index (χ0) is 21.0. The van der Waals surface area contributed by atoms with Crippen molar-refractivity contribution in [3.8, 4) is 5.75 Å². The van der Waals surface area contributed by atoms with Gasteiger partial charge in [-0.1, -0.05) is 11.6 Å². The zero-order valence-electron chi connectivity index (χ0n) is 15.1. The van der Waals surface area contributed by atoms with E-state index in [4.69, 9.17) is 36.3 Å². The Labute approximate surface area is 170 Å². The number of hydrogen-bond acceptors (Lipinski definition) is 6. The molecule has 148 valence electrons. The molecule has 0 bridgehead atoms. The van der Waals surface area contributed by atoms with E-state index in [0.717, 1.165) is 12.1 Å². The average Bonchev–Trinajstić information content (AvgIpc) is 3.22. The molecular weight excluding hydrogens is 401 g/mol. The van der Waals surface area contributed by atoms with Crippen molar-refractivity contribution in [3.63, 3.8) is 0 Å². The molecule has 3 N–H and O–H groups in total. The van der Waals surface area contributed by atoms with Crippen LogP contribution < -0.4 is 10.1 Å². The molecule has 7 nitrogen and oxygen atoms in total. The highest BCUT2D eigenvalue weighted by Crippen LogP contribution is 2.24. The molecule has 0 aliphatic carbocycles. The number of carbonyl (C=O) groups excluding carboxylic acids is 1. The summed E-state index contributed by atoms with van der Waals surface area (Å²) in [5.74, 6) is -1.75. The third-order valence-corrected chi connectivity index (χ3v) is 4.01. The van der Waals surface area contributed by atoms with Gasteiger partial charge < -0.3 is 19.2 Å². The molecule has 0 aliphatic rings. The molecule has 0 fully saturated rings. The first-order valence-electron chi connectivity index (χ1n) is 8.22. The van der Waals surface area contributed by atoms with Crippen molar-refractivity contribution in [1.82, 2.24) is 0 Å². The average molecular weight is 416 g/mol. The van der Waals surface area contributed by atoms with Gasteiger partial charge in [-0.25, -0.2) is 4.39 Å². The topological polar surface area (TPSA) is 108 Å². The fourth-order valence-electron chi connectivity index (χ4n) is 2.47. The number of methoxy groups -OCH3 is 1. The van der Waals surface area contributed by atoms with Crippen LogP contribution in [-0.4, -0.2) is 24.8 Å². The highest BCUT2D eigenvalue weighted by molar-refractivity contribution is 6.31. The predicted octanol–water partition coefficient (Wildman–Crippen LogP) is 4.70. The monoisotopic (exact) mass is 415 g/mol. The molecule has 3 aromatic rings. The van der Waals surface area contributed by atoms with Crippen LogP contribution in [-0.2, 0) is 4.74 Å². The summed E-state index contributed by atoms with van der Waals surface area (Å²) in [5.41, 5.74) is 0.274. The number of halogens is 2. The van der Waals surface area contributed by atoms with Crippen LogP contribution in [0.3, 0.4) is 0 Å². The summed E-state index contributed by atoms with van der Waals surface area (Å²) in [7, 11) is 1.41. The molecule has 0 saturated heterocycles. The molecule has 9 heteroatoms. The van der Waals surface area contributed by atoms with Crippen LogP contribution in [0, 0.1) is 16.6 Å². The van der Waals surface area contributed by atoms with Gasteiger partial charge in [0, 0.05) is 16.3 Å². The van der Waals surface area contributed by atoms with Crippen LogP contribution in [0.2, 0.25) is 5.02 Å². The highest BCUT2D eigenvalue weighted by Gasteiger charge is 2.16. The second-order valence-electron chi connectivity index (χ2n) is 5.76. The summed E-state index contributed by atoms with van der Waals surface area (Å²) in [5, 5.41) is 18.6. The van der Waals surface area contributed by atoms with Gasteiger partial charge in [-0.2, -0.15) is 0 Å². The zero-order valence-corrected chi connectivity index (χ0v) is 15.8. The predicted molar refractivity (Wildman–Crippen MR) is 106 cm³/mol. The Balaban J connectivity index is 1.80. The first-order chi connectivity index (χ1) is 13.9. The summed E-state index contributed by atoms with van der Waals surface area (Å²) in [6.07, 6.45) is 1.36. The molecule has 0 unspecified atom stereocenters. The molecule has 0 atom stereocenters. The van der Waals surface area contributed by atoms with Gasteiger partial charge in [0.15, 0.2) is 5.76 Å². The van der Waals surface area contributed by atoms with Crippen molar-refractivity contribution in [2.75, 3.05) is 12.4 Å². The Hall–Kier alpha value is -3.65. The lowest BCUT2D eigenvalue weighted by Crippen LogP contribution is -2.15. The number of furan rings is 1. The minimum absolute atomic E-state index is 0.0228. The number of hydrogen-bond donors (Lipinski definition) is 3. The van der Waals surface area contributed by atoms with Gasteiger partial charge in [0.2, 0.25) is 5.90 Å². The Morgan fingerprint density at radius 1 is 1.14 bits per heavy atom. The first kappa shape index (κ1) is 20.1. The highest BCUT2D eigenvalue weighted by atomic mass is 35.5. The van der Waals surface area contributed by atoms with E-state index in [9.17, 15) is 9.18 Å². The van der Waals surface area contributed by atoms with Crippen LogP contribution in [0.15, 0.2) is 59.2 Å². The second kappa shape index (κ2) is 8.57. The number of anilines is 1. The van der Waals surface area contributed by atoms with E-state index in [1.54, 1.807) is 12.1 Å². The van der Waals surface area contributed by atoms with Crippen LogP contribution in [0.5, 0.6) is 5.75 Å². The largest absolute Gasteiger partial charge is 0.496 e. The number of amides is 1. The van der Waals surface area contributed by atoms with Gasteiger partial charge in [0.05, 0.1) is 18.9 Å². The summed E-state index contributed by atoms with van der Waals surface area (Å²) in [4.78, 5) is 12.6. The van der Waals surface area contributed by atoms with Crippen LogP contribution in [0.4, 0.5) is 10.1 Å². The molecule has 3 rings (SSSR count). The SMILES string of the molecule is COc1ccc(Cl)cc1C(=O)Nc1cc(F)cc(C(=N)OC(=N)c2ccco2)c1. The van der Waals surface area contributed by atoms with E-state index in [-0.39, 0.29) is 22.6 Å². The molecule has 1 amide bonds. The molecule has 1 aromatic heterocycles. The van der Waals surface area contributed by atoms with Crippen molar-refractivity contribution < 1.29 is 23.1 Å². The Morgan fingerprint density at radius 3 is 2.62 bits per heavy atom. The number of nitrogens with one attached hydrogen (secondary N) is 3. The molecule has 0 saturated carbocycles. The second-order valence-corrected chi connectivity index (χ2v) is 6.20. The number of ether oxygens (including phenoxy) is 2. The van der Waals surface area contributed by atoms with Crippen molar-refractivity contribution in [2.45, 2.75) is 0 Å². The van der Waals surface area contributed by atoms with Crippen molar-refractivity contribution in [2.24, 2.45) is 0 Å². The van der Waals surface area contributed by atoms with E-state index in [1.807, 2.05) is 0 Å². The summed E-state index contributed by atoms with van der Waals surface area (Å²) >= 11 is 5.94. The fraction of sp³-hybridized carbons (Fsp3) is 0.0500. The Morgan fingerprint density at radius 2 is 1.93 bits per heavy atom. The molecule has 0 spiro atoms. The molecule has 1 heterocycles. The normalized spacial score (nSPS) is 10.3. The lowest BCUT2D eigenvalue weighted by atomic mass is 10.1. The maximum absolute atomic E-state index is 14.0. The van der Waals surface area contributed by atoms with Gasteiger partial charge >= 0.3 is 0 Å². The molecule has 2 aromatic carbocycles. The smallest absolute Gasteiger partial charge is 0.259 e.